The molecule has 1 aliphatic heterocycles. The summed E-state index contributed by atoms with van der Waals surface area (Å²) < 4.78 is 0. The molecule has 0 radical (unpaired) electrons. The maximum atomic E-state index is 5.88. The Morgan fingerprint density at radius 3 is 2.73 bits per heavy atom. The third kappa shape index (κ3) is 1.79. The fourth-order valence-corrected chi connectivity index (χ4v) is 2.13. The van der Waals surface area contributed by atoms with Gasteiger partial charge in [0.15, 0.2) is 0 Å². The van der Waals surface area contributed by atoms with Gasteiger partial charge < -0.3 is 16.0 Å². The Labute approximate surface area is 91.3 Å². The van der Waals surface area contributed by atoms with E-state index in [1.807, 2.05) is 6.92 Å². The molecule has 0 fully saturated rings. The van der Waals surface area contributed by atoms with Crippen molar-refractivity contribution in [2.75, 3.05) is 16.8 Å². The van der Waals surface area contributed by atoms with Crippen molar-refractivity contribution < 1.29 is 0 Å². The second-order valence-corrected chi connectivity index (χ2v) is 4.79. The molecule has 1 aliphatic rings. The lowest BCUT2D eigenvalue weighted by Crippen LogP contribution is -2.49. The molecule has 3 heteroatoms. The van der Waals surface area contributed by atoms with Gasteiger partial charge in [0.2, 0.25) is 0 Å². The Balaban J connectivity index is 2.34. The summed E-state index contributed by atoms with van der Waals surface area (Å²) in [6.07, 6.45) is 0. The fourth-order valence-electron chi connectivity index (χ4n) is 2.13. The number of nitrogens with one attached hydrogen (secondary N) is 1. The van der Waals surface area contributed by atoms with E-state index in [1.54, 1.807) is 0 Å². The van der Waals surface area contributed by atoms with E-state index in [0.717, 1.165) is 6.54 Å². The van der Waals surface area contributed by atoms with Gasteiger partial charge in [-0.05, 0) is 32.9 Å². The zero-order chi connectivity index (χ0) is 11.1. The van der Waals surface area contributed by atoms with Gasteiger partial charge >= 0.3 is 0 Å². The highest BCUT2D eigenvalue weighted by Gasteiger charge is 2.34. The molecule has 1 aromatic rings. The van der Waals surface area contributed by atoms with Gasteiger partial charge in [0.1, 0.15) is 5.66 Å². The van der Waals surface area contributed by atoms with Crippen molar-refractivity contribution >= 4 is 11.4 Å². The van der Waals surface area contributed by atoms with Crippen LogP contribution < -0.4 is 16.0 Å². The second kappa shape index (κ2) is 3.42. The molecular weight excluding hydrogens is 186 g/mol. The van der Waals surface area contributed by atoms with Crippen LogP contribution in [0.25, 0.3) is 0 Å². The quantitative estimate of drug-likeness (QED) is 0.776. The first-order valence-electron chi connectivity index (χ1n) is 5.41. The average Bonchev–Trinajstić information content (AvgIpc) is 2.37. The number of nitrogens with two attached hydrogens (primary N) is 1. The van der Waals surface area contributed by atoms with Crippen LogP contribution in [0, 0.1) is 0 Å². The molecule has 1 aromatic carbocycles. The summed E-state index contributed by atoms with van der Waals surface area (Å²) >= 11 is 0. The lowest BCUT2D eigenvalue weighted by Gasteiger charge is -2.35. The summed E-state index contributed by atoms with van der Waals surface area (Å²) in [5.41, 5.74) is 8.28. The molecule has 0 aromatic heterocycles. The van der Waals surface area contributed by atoms with Crippen LogP contribution in [0.3, 0.4) is 0 Å². The minimum Gasteiger partial charge on any atom is -0.361 e. The Morgan fingerprint density at radius 1 is 1.40 bits per heavy atom. The van der Waals surface area contributed by atoms with Crippen LogP contribution in [0.15, 0.2) is 24.3 Å². The number of para-hydroxylation sites is 2. The average molecular weight is 205 g/mol. The number of nitrogens with zero attached hydrogens (tertiary/aromatic N) is 1. The fraction of sp³-hybridized carbons (Fsp3) is 0.500. The molecule has 0 amide bonds. The van der Waals surface area contributed by atoms with Crippen LogP contribution in [-0.2, 0) is 0 Å². The number of benzene rings is 1. The number of anilines is 2. The normalized spacial score (nSPS) is 19.6. The van der Waals surface area contributed by atoms with Crippen molar-refractivity contribution in [2.24, 2.45) is 5.73 Å². The van der Waals surface area contributed by atoms with Gasteiger partial charge in [0.05, 0.1) is 11.4 Å². The highest BCUT2D eigenvalue weighted by molar-refractivity contribution is 5.77. The van der Waals surface area contributed by atoms with Crippen molar-refractivity contribution in [1.29, 1.82) is 0 Å². The highest BCUT2D eigenvalue weighted by Crippen LogP contribution is 2.39. The summed E-state index contributed by atoms with van der Waals surface area (Å²) in [5.74, 6) is 0. The zero-order valence-electron chi connectivity index (χ0n) is 9.62. The van der Waals surface area contributed by atoms with Crippen LogP contribution in [0.2, 0.25) is 0 Å². The molecular formula is C12H19N3. The van der Waals surface area contributed by atoms with Crippen LogP contribution in [0.4, 0.5) is 11.4 Å². The van der Waals surface area contributed by atoms with Crippen LogP contribution in [0.1, 0.15) is 20.8 Å². The number of fused-ring (bicyclic) bond motifs is 1. The monoisotopic (exact) mass is 205 g/mol. The molecule has 1 unspecified atom stereocenters. The highest BCUT2D eigenvalue weighted by atomic mass is 15.4. The van der Waals surface area contributed by atoms with E-state index < -0.39 is 0 Å². The molecule has 3 N–H and O–H groups in total. The van der Waals surface area contributed by atoms with E-state index in [4.69, 9.17) is 5.73 Å². The predicted molar refractivity (Wildman–Crippen MR) is 65.1 cm³/mol. The van der Waals surface area contributed by atoms with Gasteiger partial charge in [0.25, 0.3) is 0 Å². The van der Waals surface area contributed by atoms with E-state index >= 15 is 0 Å². The first-order valence-corrected chi connectivity index (χ1v) is 5.41. The number of hydrogen-bond donors (Lipinski definition) is 2. The summed E-state index contributed by atoms with van der Waals surface area (Å²) in [5, 5.41) is 3.50. The van der Waals surface area contributed by atoms with Crippen molar-refractivity contribution in [1.82, 2.24) is 0 Å². The minimum atomic E-state index is -0.0443. The van der Waals surface area contributed by atoms with Crippen LogP contribution >= 0.6 is 0 Å². The van der Waals surface area contributed by atoms with E-state index in [-0.39, 0.29) is 11.7 Å². The Morgan fingerprint density at radius 2 is 2.07 bits per heavy atom. The Bertz CT molecular complexity index is 358. The lowest BCUT2D eigenvalue weighted by molar-refractivity contribution is 0.517. The van der Waals surface area contributed by atoms with Crippen LogP contribution in [-0.4, -0.2) is 18.2 Å². The van der Waals surface area contributed by atoms with Gasteiger partial charge in [-0.3, -0.25) is 0 Å². The lowest BCUT2D eigenvalue weighted by atomic mass is 10.2. The smallest absolute Gasteiger partial charge is 0.105 e. The van der Waals surface area contributed by atoms with Gasteiger partial charge in [-0.25, -0.2) is 0 Å². The molecule has 1 atom stereocenters. The first-order chi connectivity index (χ1) is 7.00. The topological polar surface area (TPSA) is 41.3 Å². The van der Waals surface area contributed by atoms with Gasteiger partial charge in [-0.15, -0.1) is 0 Å². The molecule has 0 saturated carbocycles. The molecule has 3 nitrogen and oxygen atoms in total. The molecule has 2 rings (SSSR count). The van der Waals surface area contributed by atoms with Crippen LogP contribution in [0.5, 0.6) is 0 Å². The van der Waals surface area contributed by atoms with Gasteiger partial charge in [-0.1, -0.05) is 12.1 Å². The summed E-state index contributed by atoms with van der Waals surface area (Å²) in [6.45, 7) is 7.26. The van der Waals surface area contributed by atoms with Gasteiger partial charge in [0, 0.05) is 12.6 Å². The molecule has 0 aliphatic carbocycles. The third-order valence-corrected chi connectivity index (χ3v) is 2.78. The Kier molecular flexibility index (Phi) is 2.35. The molecule has 1 heterocycles. The van der Waals surface area contributed by atoms with Gasteiger partial charge in [-0.2, -0.15) is 0 Å². The first kappa shape index (κ1) is 10.3. The number of hydrogen-bond acceptors (Lipinski definition) is 3. The molecule has 0 spiro atoms. The number of rotatable bonds is 2. The Hall–Kier alpha value is -1.22. The van der Waals surface area contributed by atoms with Crippen molar-refractivity contribution in [2.45, 2.75) is 32.5 Å². The van der Waals surface area contributed by atoms with Crippen molar-refractivity contribution in [3.05, 3.63) is 24.3 Å². The van der Waals surface area contributed by atoms with E-state index in [2.05, 4.69) is 48.3 Å². The maximum Gasteiger partial charge on any atom is 0.105 e. The second-order valence-electron chi connectivity index (χ2n) is 4.79. The molecule has 15 heavy (non-hydrogen) atoms. The predicted octanol–water partition coefficient (Wildman–Crippen LogP) is 2.00. The molecule has 0 saturated heterocycles. The summed E-state index contributed by atoms with van der Waals surface area (Å²) in [7, 11) is 0. The van der Waals surface area contributed by atoms with Crippen molar-refractivity contribution in [3.63, 3.8) is 0 Å². The van der Waals surface area contributed by atoms with E-state index in [1.165, 1.54) is 11.4 Å². The molecule has 82 valence electrons. The summed E-state index contributed by atoms with van der Waals surface area (Å²) in [6, 6.07) is 8.54. The standard InChI is InChI=1S/C12H19N3/c1-9(13)8-15-11-7-5-4-6-10(11)14-12(15,2)3/h4-7,9,14H,8,13H2,1-3H3. The third-order valence-electron chi connectivity index (χ3n) is 2.78. The largest absolute Gasteiger partial charge is 0.361 e. The SMILES string of the molecule is CC(N)CN1c2ccccc2NC1(C)C. The minimum absolute atomic E-state index is 0.0443. The molecule has 0 bridgehead atoms. The van der Waals surface area contributed by atoms with E-state index in [0.29, 0.717) is 0 Å². The zero-order valence-corrected chi connectivity index (χ0v) is 9.62. The maximum absolute atomic E-state index is 5.88. The summed E-state index contributed by atoms with van der Waals surface area (Å²) in [4.78, 5) is 2.33. The van der Waals surface area contributed by atoms with E-state index in [9.17, 15) is 0 Å². The van der Waals surface area contributed by atoms with Crippen molar-refractivity contribution in [3.8, 4) is 0 Å².